The zero-order chi connectivity index (χ0) is 12.0. The van der Waals surface area contributed by atoms with Crippen molar-refractivity contribution >= 4 is 40.0 Å². The highest BCUT2D eigenvalue weighted by atomic mass is 32.2. The van der Waals surface area contributed by atoms with E-state index in [0.29, 0.717) is 4.34 Å². The summed E-state index contributed by atoms with van der Waals surface area (Å²) in [7, 11) is 0. The van der Waals surface area contributed by atoms with Gasteiger partial charge < -0.3 is 5.32 Å². The molecule has 0 aromatic carbocycles. The lowest BCUT2D eigenvalue weighted by Gasteiger charge is -1.97. The molecule has 0 bridgehead atoms. The van der Waals surface area contributed by atoms with Gasteiger partial charge in [0.1, 0.15) is 0 Å². The Bertz CT molecular complexity index is 380. The van der Waals surface area contributed by atoms with Gasteiger partial charge in [-0.2, -0.15) is 0 Å². The maximum absolute atomic E-state index is 11.1. The van der Waals surface area contributed by atoms with Crippen molar-refractivity contribution in [2.75, 3.05) is 17.6 Å². The average Bonchev–Trinajstić information content (AvgIpc) is 2.62. The van der Waals surface area contributed by atoms with E-state index in [9.17, 15) is 9.59 Å². The third-order valence-electron chi connectivity index (χ3n) is 1.38. The molecular weight excluding hydrogens is 248 g/mol. The first kappa shape index (κ1) is 12.9. The number of amides is 2. The summed E-state index contributed by atoms with van der Waals surface area (Å²) in [4.78, 5) is 21.7. The number of nitrogens with one attached hydrogen (secondary N) is 2. The first-order chi connectivity index (χ1) is 7.61. The van der Waals surface area contributed by atoms with Crippen molar-refractivity contribution in [3.63, 3.8) is 0 Å². The molecule has 0 aliphatic rings. The van der Waals surface area contributed by atoms with Gasteiger partial charge in [-0.05, 0) is 6.92 Å². The van der Waals surface area contributed by atoms with Crippen LogP contribution in [-0.4, -0.2) is 34.3 Å². The number of nitrogens with zero attached hydrogens (tertiary/aromatic N) is 2. The summed E-state index contributed by atoms with van der Waals surface area (Å²) in [5.74, 6) is -0.505. The summed E-state index contributed by atoms with van der Waals surface area (Å²) in [6, 6.07) is 0. The minimum Gasteiger partial charge on any atom is -0.360 e. The van der Waals surface area contributed by atoms with Gasteiger partial charge in [0.2, 0.25) is 16.9 Å². The maximum atomic E-state index is 11.1. The average molecular weight is 260 g/mol. The second-order valence-electron chi connectivity index (χ2n) is 2.80. The van der Waals surface area contributed by atoms with Gasteiger partial charge in [0.15, 0.2) is 4.34 Å². The molecule has 88 valence electrons. The largest absolute Gasteiger partial charge is 0.360 e. The van der Waals surface area contributed by atoms with Gasteiger partial charge in [0, 0.05) is 13.5 Å². The van der Waals surface area contributed by atoms with Crippen LogP contribution in [0.1, 0.15) is 13.8 Å². The van der Waals surface area contributed by atoms with E-state index in [1.54, 1.807) is 0 Å². The number of aromatic nitrogens is 2. The third kappa shape index (κ3) is 4.58. The van der Waals surface area contributed by atoms with Gasteiger partial charge in [0.25, 0.3) is 0 Å². The third-order valence-corrected chi connectivity index (χ3v) is 3.39. The second kappa shape index (κ2) is 6.44. The van der Waals surface area contributed by atoms with Gasteiger partial charge >= 0.3 is 0 Å². The van der Waals surface area contributed by atoms with Gasteiger partial charge in [-0.3, -0.25) is 14.9 Å². The predicted molar refractivity (Wildman–Crippen MR) is 63.6 cm³/mol. The number of anilines is 1. The van der Waals surface area contributed by atoms with Crippen molar-refractivity contribution in [2.24, 2.45) is 0 Å². The van der Waals surface area contributed by atoms with Crippen LogP contribution in [-0.2, 0) is 9.59 Å². The number of carbonyl (C=O) groups is 2. The Hall–Kier alpha value is -1.15. The summed E-state index contributed by atoms with van der Waals surface area (Å²) in [6.07, 6.45) is 0. The highest BCUT2D eigenvalue weighted by Crippen LogP contribution is 2.24. The zero-order valence-corrected chi connectivity index (χ0v) is 10.6. The molecule has 0 aliphatic heterocycles. The van der Waals surface area contributed by atoms with Crippen LogP contribution in [0, 0.1) is 0 Å². The fraction of sp³-hybridized carbons (Fsp3) is 0.500. The van der Waals surface area contributed by atoms with E-state index in [-0.39, 0.29) is 17.6 Å². The first-order valence-corrected chi connectivity index (χ1v) is 6.42. The molecule has 1 aromatic heterocycles. The molecule has 0 saturated heterocycles. The van der Waals surface area contributed by atoms with E-state index in [1.807, 2.05) is 6.92 Å². The van der Waals surface area contributed by atoms with Gasteiger partial charge in [-0.25, -0.2) is 0 Å². The molecule has 0 spiro atoms. The second-order valence-corrected chi connectivity index (χ2v) is 5.00. The number of hydrogen-bond acceptors (Lipinski definition) is 7. The standard InChI is InChI=1S/C8H12N4O2S2/c1-3-9-7-11-12-8(16-7)15-4-6(14)10-5(2)13/h3-4H2,1-2H3,(H,9,11)(H,10,13,14). The Balaban J connectivity index is 2.36. The number of imide groups is 1. The van der Waals surface area contributed by atoms with Crippen molar-refractivity contribution in [3.8, 4) is 0 Å². The number of rotatable bonds is 5. The Kier molecular flexibility index (Phi) is 5.20. The summed E-state index contributed by atoms with van der Waals surface area (Å²) in [6.45, 7) is 4.05. The first-order valence-electron chi connectivity index (χ1n) is 4.62. The summed E-state index contributed by atoms with van der Waals surface area (Å²) >= 11 is 2.64. The lowest BCUT2D eigenvalue weighted by Crippen LogP contribution is -2.29. The molecule has 8 heteroatoms. The summed E-state index contributed by atoms with van der Waals surface area (Å²) in [5, 5.41) is 13.7. The lowest BCUT2D eigenvalue weighted by molar-refractivity contribution is -0.127. The minimum absolute atomic E-state index is 0.167. The molecule has 0 radical (unpaired) electrons. The van der Waals surface area contributed by atoms with E-state index in [4.69, 9.17) is 0 Å². The normalized spacial score (nSPS) is 9.88. The van der Waals surface area contributed by atoms with Crippen LogP contribution in [0.25, 0.3) is 0 Å². The molecule has 16 heavy (non-hydrogen) atoms. The molecule has 0 unspecified atom stereocenters. The van der Waals surface area contributed by atoms with Crippen molar-refractivity contribution in [1.82, 2.24) is 15.5 Å². The Morgan fingerprint density at radius 3 is 2.81 bits per heavy atom. The molecular formula is C8H12N4O2S2. The summed E-state index contributed by atoms with van der Waals surface area (Å²) in [5.41, 5.74) is 0. The van der Waals surface area contributed by atoms with E-state index in [0.717, 1.165) is 11.7 Å². The molecule has 6 nitrogen and oxygen atoms in total. The Labute approximate surface area is 101 Å². The molecule has 0 saturated carbocycles. The van der Waals surface area contributed by atoms with Crippen LogP contribution in [0.3, 0.4) is 0 Å². The van der Waals surface area contributed by atoms with Crippen LogP contribution in [0.5, 0.6) is 0 Å². The Morgan fingerprint density at radius 1 is 1.44 bits per heavy atom. The SMILES string of the molecule is CCNc1nnc(SCC(=O)NC(C)=O)s1. The smallest absolute Gasteiger partial charge is 0.236 e. The predicted octanol–water partition coefficient (Wildman–Crippen LogP) is 0.725. The zero-order valence-electron chi connectivity index (χ0n) is 8.94. The van der Waals surface area contributed by atoms with Crippen molar-refractivity contribution < 1.29 is 9.59 Å². The fourth-order valence-corrected chi connectivity index (χ4v) is 2.47. The molecule has 2 N–H and O–H groups in total. The monoisotopic (exact) mass is 260 g/mol. The number of hydrogen-bond donors (Lipinski definition) is 2. The van der Waals surface area contributed by atoms with Crippen LogP contribution >= 0.6 is 23.1 Å². The molecule has 0 fully saturated rings. The highest BCUT2D eigenvalue weighted by Gasteiger charge is 2.08. The van der Waals surface area contributed by atoms with Crippen molar-refractivity contribution in [3.05, 3.63) is 0 Å². The quantitative estimate of drug-likeness (QED) is 0.759. The van der Waals surface area contributed by atoms with Crippen molar-refractivity contribution in [2.45, 2.75) is 18.2 Å². The molecule has 0 atom stereocenters. The lowest BCUT2D eigenvalue weighted by atomic mass is 10.6. The maximum Gasteiger partial charge on any atom is 0.236 e. The van der Waals surface area contributed by atoms with Gasteiger partial charge in [0.05, 0.1) is 5.75 Å². The Morgan fingerprint density at radius 2 is 2.19 bits per heavy atom. The van der Waals surface area contributed by atoms with Crippen LogP contribution < -0.4 is 10.6 Å². The van der Waals surface area contributed by atoms with Crippen LogP contribution in [0.15, 0.2) is 4.34 Å². The van der Waals surface area contributed by atoms with Crippen molar-refractivity contribution in [1.29, 1.82) is 0 Å². The molecule has 1 aromatic rings. The van der Waals surface area contributed by atoms with E-state index >= 15 is 0 Å². The summed E-state index contributed by atoms with van der Waals surface area (Å²) < 4.78 is 0.703. The number of carbonyl (C=O) groups excluding carboxylic acids is 2. The number of thioether (sulfide) groups is 1. The minimum atomic E-state index is -0.351. The van der Waals surface area contributed by atoms with E-state index in [2.05, 4.69) is 20.8 Å². The van der Waals surface area contributed by atoms with Crippen LogP contribution in [0.2, 0.25) is 0 Å². The molecule has 0 aliphatic carbocycles. The van der Waals surface area contributed by atoms with E-state index in [1.165, 1.54) is 30.0 Å². The van der Waals surface area contributed by atoms with E-state index < -0.39 is 0 Å². The molecule has 1 rings (SSSR count). The topological polar surface area (TPSA) is 84.0 Å². The van der Waals surface area contributed by atoms with Gasteiger partial charge in [-0.15, -0.1) is 10.2 Å². The van der Waals surface area contributed by atoms with Gasteiger partial charge in [-0.1, -0.05) is 23.1 Å². The molecule has 2 amide bonds. The molecule has 1 heterocycles. The fourth-order valence-electron chi connectivity index (χ4n) is 0.850. The van der Waals surface area contributed by atoms with Crippen LogP contribution in [0.4, 0.5) is 5.13 Å². The highest BCUT2D eigenvalue weighted by molar-refractivity contribution is 8.01.